The number of hydrogen-bond donors (Lipinski definition) is 2. The van der Waals surface area contributed by atoms with E-state index in [2.05, 4.69) is 10.4 Å². The number of anilines is 1. The molecule has 0 atom stereocenters. The highest BCUT2D eigenvalue weighted by molar-refractivity contribution is 5.60. The molecule has 0 unspecified atom stereocenters. The molecule has 0 amide bonds. The molecular weight excluding hydrogens is 236 g/mol. The molecule has 1 aromatic rings. The van der Waals surface area contributed by atoms with E-state index in [4.69, 9.17) is 0 Å². The van der Waals surface area contributed by atoms with Crippen LogP contribution in [0.1, 0.15) is 31.9 Å². The lowest BCUT2D eigenvalue weighted by molar-refractivity contribution is -0.384. The molecule has 18 heavy (non-hydrogen) atoms. The Morgan fingerprint density at radius 3 is 2.78 bits per heavy atom. The molecule has 2 rings (SSSR count). The summed E-state index contributed by atoms with van der Waals surface area (Å²) in [5.74, 6) is 0.445. The van der Waals surface area contributed by atoms with Gasteiger partial charge in [-0.25, -0.2) is 4.68 Å². The number of rotatable bonds is 5. The van der Waals surface area contributed by atoms with Crippen LogP contribution < -0.4 is 5.32 Å². The molecule has 0 spiro atoms. The van der Waals surface area contributed by atoms with Gasteiger partial charge in [-0.2, -0.15) is 5.10 Å². The minimum Gasteiger partial charge on any atom is -0.393 e. The molecular formula is C11H18N4O3. The summed E-state index contributed by atoms with van der Waals surface area (Å²) in [6.45, 7) is 1.97. The largest absolute Gasteiger partial charge is 0.393 e. The number of nitrogens with one attached hydrogen (secondary N) is 1. The van der Waals surface area contributed by atoms with E-state index in [1.54, 1.807) is 7.05 Å². The molecule has 1 fully saturated rings. The van der Waals surface area contributed by atoms with Crippen LogP contribution in [-0.2, 0) is 13.5 Å². The van der Waals surface area contributed by atoms with Gasteiger partial charge < -0.3 is 10.4 Å². The van der Waals surface area contributed by atoms with Gasteiger partial charge in [0.15, 0.2) is 0 Å². The number of aliphatic hydroxyl groups is 1. The molecule has 0 aliphatic heterocycles. The Morgan fingerprint density at radius 1 is 1.61 bits per heavy atom. The lowest BCUT2D eigenvalue weighted by Crippen LogP contribution is -2.39. The summed E-state index contributed by atoms with van der Waals surface area (Å²) < 4.78 is 1.52. The van der Waals surface area contributed by atoms with Crippen LogP contribution in [0.15, 0.2) is 0 Å². The first kappa shape index (κ1) is 12.8. The second-order valence-electron chi connectivity index (χ2n) is 4.74. The minimum absolute atomic E-state index is 0.0701. The summed E-state index contributed by atoms with van der Waals surface area (Å²) >= 11 is 0. The maximum Gasteiger partial charge on any atom is 0.333 e. The molecule has 100 valence electrons. The number of aliphatic hydroxyl groups excluding tert-OH is 1. The third kappa shape index (κ3) is 2.31. The van der Waals surface area contributed by atoms with Crippen LogP contribution in [0.4, 0.5) is 11.5 Å². The molecule has 1 aliphatic carbocycles. The topological polar surface area (TPSA) is 93.2 Å². The Morgan fingerprint density at radius 2 is 2.28 bits per heavy atom. The molecule has 1 heterocycles. The fourth-order valence-corrected chi connectivity index (χ4v) is 2.23. The molecule has 1 saturated carbocycles. The maximum absolute atomic E-state index is 11.1. The van der Waals surface area contributed by atoms with Crippen LogP contribution in [0, 0.1) is 10.1 Å². The average Bonchev–Trinajstić information content (AvgIpc) is 2.54. The average molecular weight is 254 g/mol. The minimum atomic E-state index is -0.380. The molecule has 2 N–H and O–H groups in total. The van der Waals surface area contributed by atoms with Crippen molar-refractivity contribution in [1.82, 2.24) is 9.78 Å². The van der Waals surface area contributed by atoms with Crippen molar-refractivity contribution < 1.29 is 10.0 Å². The van der Waals surface area contributed by atoms with Crippen molar-refractivity contribution in [3.8, 4) is 0 Å². The molecule has 1 aliphatic rings. The van der Waals surface area contributed by atoms with E-state index in [0.717, 1.165) is 6.42 Å². The third-order valence-electron chi connectivity index (χ3n) is 3.22. The highest BCUT2D eigenvalue weighted by atomic mass is 16.6. The quantitative estimate of drug-likeness (QED) is 0.608. The fourth-order valence-electron chi connectivity index (χ4n) is 2.23. The SMILES string of the molecule is CCCc1nn(C)c(NC2CC(O)C2)c1[N+](=O)[O-]. The lowest BCUT2D eigenvalue weighted by atomic mass is 9.89. The summed E-state index contributed by atoms with van der Waals surface area (Å²) in [4.78, 5) is 10.8. The number of aryl methyl sites for hydroxylation is 2. The van der Waals surface area contributed by atoms with Gasteiger partial charge in [0.1, 0.15) is 5.69 Å². The zero-order valence-electron chi connectivity index (χ0n) is 10.6. The van der Waals surface area contributed by atoms with Crippen molar-refractivity contribution in [3.63, 3.8) is 0 Å². The second kappa shape index (κ2) is 4.93. The van der Waals surface area contributed by atoms with E-state index in [9.17, 15) is 15.2 Å². The van der Waals surface area contributed by atoms with E-state index in [0.29, 0.717) is 30.8 Å². The highest BCUT2D eigenvalue weighted by Gasteiger charge is 2.32. The Kier molecular flexibility index (Phi) is 3.51. The third-order valence-corrected chi connectivity index (χ3v) is 3.22. The number of aromatic nitrogens is 2. The van der Waals surface area contributed by atoms with Crippen LogP contribution in [0.2, 0.25) is 0 Å². The predicted octanol–water partition coefficient (Wildman–Crippen LogP) is 1.22. The van der Waals surface area contributed by atoms with E-state index in [1.807, 2.05) is 6.92 Å². The molecule has 7 nitrogen and oxygen atoms in total. The van der Waals surface area contributed by atoms with Crippen LogP contribution in [0.25, 0.3) is 0 Å². The van der Waals surface area contributed by atoms with Gasteiger partial charge in [0, 0.05) is 13.1 Å². The molecule has 0 bridgehead atoms. The van der Waals surface area contributed by atoms with Gasteiger partial charge in [0.05, 0.1) is 11.0 Å². The Hall–Kier alpha value is -1.63. The van der Waals surface area contributed by atoms with Crippen molar-refractivity contribution in [3.05, 3.63) is 15.8 Å². The first-order valence-electron chi connectivity index (χ1n) is 6.17. The monoisotopic (exact) mass is 254 g/mol. The summed E-state index contributed by atoms with van der Waals surface area (Å²) in [7, 11) is 1.70. The van der Waals surface area contributed by atoms with Crippen LogP contribution in [-0.4, -0.2) is 32.0 Å². The van der Waals surface area contributed by atoms with Gasteiger partial charge in [-0.3, -0.25) is 10.1 Å². The lowest BCUT2D eigenvalue weighted by Gasteiger charge is -2.32. The van der Waals surface area contributed by atoms with Crippen LogP contribution >= 0.6 is 0 Å². The Balaban J connectivity index is 2.24. The Bertz CT molecular complexity index is 451. The van der Waals surface area contributed by atoms with Crippen molar-refractivity contribution in [2.45, 2.75) is 44.8 Å². The summed E-state index contributed by atoms with van der Waals surface area (Å²) in [5, 5.41) is 27.7. The first-order valence-corrected chi connectivity index (χ1v) is 6.17. The van der Waals surface area contributed by atoms with E-state index in [1.165, 1.54) is 4.68 Å². The summed E-state index contributed by atoms with van der Waals surface area (Å²) in [6, 6.07) is 0.101. The molecule has 1 aromatic heterocycles. The molecule has 0 saturated heterocycles. The Labute approximate surface area is 105 Å². The second-order valence-corrected chi connectivity index (χ2v) is 4.74. The van der Waals surface area contributed by atoms with Crippen molar-refractivity contribution in [2.75, 3.05) is 5.32 Å². The standard InChI is InChI=1S/C11H18N4O3/c1-3-4-9-10(15(17)18)11(14(2)13-9)12-7-5-8(16)6-7/h7-8,12,16H,3-6H2,1-2H3. The normalized spacial score (nSPS) is 22.6. The van der Waals surface area contributed by atoms with Crippen molar-refractivity contribution in [1.29, 1.82) is 0 Å². The van der Waals surface area contributed by atoms with Crippen LogP contribution in [0.3, 0.4) is 0 Å². The maximum atomic E-state index is 11.1. The smallest absolute Gasteiger partial charge is 0.333 e. The van der Waals surface area contributed by atoms with Crippen molar-refractivity contribution >= 4 is 11.5 Å². The van der Waals surface area contributed by atoms with Crippen LogP contribution in [0.5, 0.6) is 0 Å². The number of nitrogens with zero attached hydrogens (tertiary/aromatic N) is 3. The zero-order chi connectivity index (χ0) is 13.3. The van der Waals surface area contributed by atoms with E-state index >= 15 is 0 Å². The summed E-state index contributed by atoms with van der Waals surface area (Å²) in [5.41, 5.74) is 0.591. The van der Waals surface area contributed by atoms with Gasteiger partial charge in [0.2, 0.25) is 5.82 Å². The predicted molar refractivity (Wildman–Crippen MR) is 66.5 cm³/mol. The molecule has 7 heteroatoms. The summed E-state index contributed by atoms with van der Waals surface area (Å²) in [6.07, 6.45) is 2.39. The fraction of sp³-hybridized carbons (Fsp3) is 0.727. The molecule has 0 aromatic carbocycles. The van der Waals surface area contributed by atoms with E-state index in [-0.39, 0.29) is 22.8 Å². The number of nitro groups is 1. The molecule has 0 radical (unpaired) electrons. The van der Waals surface area contributed by atoms with Crippen molar-refractivity contribution in [2.24, 2.45) is 7.05 Å². The van der Waals surface area contributed by atoms with E-state index < -0.39 is 0 Å². The van der Waals surface area contributed by atoms with Gasteiger partial charge >= 0.3 is 5.69 Å². The van der Waals surface area contributed by atoms with Gasteiger partial charge in [0.25, 0.3) is 0 Å². The van der Waals surface area contributed by atoms with Gasteiger partial charge in [-0.05, 0) is 19.3 Å². The number of hydrogen-bond acceptors (Lipinski definition) is 5. The van der Waals surface area contributed by atoms with Gasteiger partial charge in [-0.1, -0.05) is 13.3 Å². The van der Waals surface area contributed by atoms with Gasteiger partial charge in [-0.15, -0.1) is 0 Å². The first-order chi connectivity index (χ1) is 8.52. The zero-order valence-corrected chi connectivity index (χ0v) is 10.6. The highest BCUT2D eigenvalue weighted by Crippen LogP contribution is 2.32.